The summed E-state index contributed by atoms with van der Waals surface area (Å²) in [5, 5.41) is 0. The van der Waals surface area contributed by atoms with Gasteiger partial charge in [-0.25, -0.2) is 0 Å². The number of fused-ring (bicyclic) bond motifs is 1. The van der Waals surface area contributed by atoms with Crippen LogP contribution in [0.15, 0.2) is 54.6 Å². The number of carbonyl (C=O) groups is 1. The third-order valence-electron chi connectivity index (χ3n) is 3.95. The van der Waals surface area contributed by atoms with Crippen LogP contribution in [0, 0.1) is 0 Å². The molecule has 0 fully saturated rings. The first-order chi connectivity index (χ1) is 10.5. The third-order valence-corrected chi connectivity index (χ3v) is 3.95. The summed E-state index contributed by atoms with van der Waals surface area (Å²) in [6, 6.07) is 15.6. The Morgan fingerprint density at radius 2 is 1.91 bits per heavy atom. The fourth-order valence-corrected chi connectivity index (χ4v) is 2.64. The Hall–Kier alpha value is -2.35. The van der Waals surface area contributed by atoms with E-state index in [-0.39, 0.29) is 11.4 Å². The predicted octanol–water partition coefficient (Wildman–Crippen LogP) is 4.69. The van der Waals surface area contributed by atoms with E-state index in [0.717, 1.165) is 29.7 Å². The van der Waals surface area contributed by atoms with Crippen LogP contribution in [-0.4, -0.2) is 11.4 Å². The zero-order valence-corrected chi connectivity index (χ0v) is 13.0. The molecule has 2 nitrogen and oxygen atoms in total. The Morgan fingerprint density at radius 1 is 1.14 bits per heavy atom. The lowest BCUT2D eigenvalue weighted by Gasteiger charge is -2.32. The normalized spacial score (nSPS) is 16.1. The molecular weight excluding hydrogens is 272 g/mol. The predicted molar refractivity (Wildman–Crippen MR) is 89.3 cm³/mol. The monoisotopic (exact) mass is 292 g/mol. The maximum Gasteiger partial charge on any atom is 0.185 e. The lowest BCUT2D eigenvalue weighted by atomic mass is 9.93. The van der Waals surface area contributed by atoms with Crippen molar-refractivity contribution < 1.29 is 9.53 Å². The summed E-state index contributed by atoms with van der Waals surface area (Å²) in [7, 11) is 0. The molecule has 0 saturated carbocycles. The van der Waals surface area contributed by atoms with Crippen LogP contribution in [-0.2, 0) is 6.42 Å². The number of hydrogen-bond acceptors (Lipinski definition) is 2. The topological polar surface area (TPSA) is 26.3 Å². The van der Waals surface area contributed by atoms with Crippen LogP contribution in [0.1, 0.15) is 41.8 Å². The zero-order chi connectivity index (χ0) is 15.6. The summed E-state index contributed by atoms with van der Waals surface area (Å²) in [6.45, 7) is 4.19. The Bertz CT molecular complexity index is 712. The van der Waals surface area contributed by atoms with Crippen molar-refractivity contribution in [1.29, 1.82) is 0 Å². The molecule has 3 rings (SSSR count). The molecule has 0 bridgehead atoms. The van der Waals surface area contributed by atoms with E-state index in [1.807, 2.05) is 54.6 Å². The van der Waals surface area contributed by atoms with E-state index < -0.39 is 0 Å². The smallest absolute Gasteiger partial charge is 0.185 e. The zero-order valence-electron chi connectivity index (χ0n) is 13.0. The van der Waals surface area contributed by atoms with Gasteiger partial charge in [0, 0.05) is 5.56 Å². The highest BCUT2D eigenvalue weighted by Crippen LogP contribution is 2.33. The lowest BCUT2D eigenvalue weighted by Crippen LogP contribution is -2.32. The highest BCUT2D eigenvalue weighted by Gasteiger charge is 2.26. The molecular formula is C20H20O2. The molecule has 1 aliphatic rings. The molecule has 0 unspecified atom stereocenters. The standard InChI is InChI=1S/C20H20O2/c1-20(2)13-12-17-14-16(9-11-19(17)22-20)18(21)10-8-15-6-4-3-5-7-15/h3-11,14H,12-13H2,1-2H3/b10-8+. The molecule has 0 atom stereocenters. The number of ketones is 1. The van der Waals surface area contributed by atoms with Crippen LogP contribution in [0.5, 0.6) is 5.75 Å². The molecule has 22 heavy (non-hydrogen) atoms. The number of hydrogen-bond donors (Lipinski definition) is 0. The molecule has 0 N–H and O–H groups in total. The Morgan fingerprint density at radius 3 is 2.68 bits per heavy atom. The number of allylic oxidation sites excluding steroid dienone is 1. The minimum Gasteiger partial charge on any atom is -0.488 e. The van der Waals surface area contributed by atoms with Gasteiger partial charge in [-0.15, -0.1) is 0 Å². The van der Waals surface area contributed by atoms with Crippen molar-refractivity contribution in [2.24, 2.45) is 0 Å². The van der Waals surface area contributed by atoms with Gasteiger partial charge in [-0.1, -0.05) is 36.4 Å². The maximum atomic E-state index is 12.3. The van der Waals surface area contributed by atoms with Gasteiger partial charge in [0.05, 0.1) is 0 Å². The first-order valence-corrected chi connectivity index (χ1v) is 7.63. The number of rotatable bonds is 3. The summed E-state index contributed by atoms with van der Waals surface area (Å²) in [5.41, 5.74) is 2.75. The first-order valence-electron chi connectivity index (χ1n) is 7.63. The molecule has 0 aliphatic carbocycles. The molecule has 0 saturated heterocycles. The van der Waals surface area contributed by atoms with Gasteiger partial charge in [-0.05, 0) is 62.1 Å². The van der Waals surface area contributed by atoms with Crippen LogP contribution in [0.3, 0.4) is 0 Å². The SMILES string of the molecule is CC1(C)CCc2cc(C(=O)/C=C/c3ccccc3)ccc2O1. The molecule has 1 heterocycles. The van der Waals surface area contributed by atoms with Crippen molar-refractivity contribution in [2.75, 3.05) is 0 Å². The Kier molecular flexibility index (Phi) is 3.84. The molecule has 0 aromatic heterocycles. The van der Waals surface area contributed by atoms with E-state index in [2.05, 4.69) is 13.8 Å². The van der Waals surface area contributed by atoms with E-state index >= 15 is 0 Å². The average Bonchev–Trinajstić information content (AvgIpc) is 2.52. The third kappa shape index (κ3) is 3.28. The van der Waals surface area contributed by atoms with Crippen molar-refractivity contribution in [2.45, 2.75) is 32.3 Å². The van der Waals surface area contributed by atoms with E-state index in [1.165, 1.54) is 0 Å². The summed E-state index contributed by atoms with van der Waals surface area (Å²) >= 11 is 0. The fourth-order valence-electron chi connectivity index (χ4n) is 2.64. The Labute approximate surface area is 131 Å². The van der Waals surface area contributed by atoms with Gasteiger partial charge >= 0.3 is 0 Å². The summed E-state index contributed by atoms with van der Waals surface area (Å²) in [5.74, 6) is 0.927. The van der Waals surface area contributed by atoms with Crippen LogP contribution in [0.4, 0.5) is 0 Å². The van der Waals surface area contributed by atoms with Gasteiger partial charge in [0.2, 0.25) is 0 Å². The molecule has 0 radical (unpaired) electrons. The second kappa shape index (κ2) is 5.80. The maximum absolute atomic E-state index is 12.3. The molecule has 112 valence electrons. The summed E-state index contributed by atoms with van der Waals surface area (Å²) < 4.78 is 5.95. The quantitative estimate of drug-likeness (QED) is 0.606. The minimum atomic E-state index is -0.119. The fraction of sp³-hybridized carbons (Fsp3) is 0.250. The van der Waals surface area contributed by atoms with Crippen molar-refractivity contribution >= 4 is 11.9 Å². The second-order valence-corrected chi connectivity index (χ2v) is 6.29. The minimum absolute atomic E-state index is 0.0245. The second-order valence-electron chi connectivity index (χ2n) is 6.29. The number of carbonyl (C=O) groups excluding carboxylic acids is 1. The molecule has 2 aromatic carbocycles. The lowest BCUT2D eigenvalue weighted by molar-refractivity contribution is 0.0846. The van der Waals surface area contributed by atoms with Crippen molar-refractivity contribution in [1.82, 2.24) is 0 Å². The number of benzene rings is 2. The van der Waals surface area contributed by atoms with Crippen molar-refractivity contribution in [3.8, 4) is 5.75 Å². The van der Waals surface area contributed by atoms with E-state index in [4.69, 9.17) is 4.74 Å². The van der Waals surface area contributed by atoms with Gasteiger partial charge in [0.1, 0.15) is 11.4 Å². The Balaban J connectivity index is 1.78. The van der Waals surface area contributed by atoms with E-state index in [0.29, 0.717) is 5.56 Å². The molecule has 2 aromatic rings. The number of aryl methyl sites for hydroxylation is 1. The first kappa shape index (κ1) is 14.6. The number of ether oxygens (including phenoxy) is 1. The van der Waals surface area contributed by atoms with E-state index in [1.54, 1.807) is 6.08 Å². The van der Waals surface area contributed by atoms with Gasteiger partial charge in [-0.2, -0.15) is 0 Å². The van der Waals surface area contributed by atoms with E-state index in [9.17, 15) is 4.79 Å². The van der Waals surface area contributed by atoms with Gasteiger partial charge < -0.3 is 4.74 Å². The van der Waals surface area contributed by atoms with Crippen molar-refractivity contribution in [3.05, 3.63) is 71.3 Å². The van der Waals surface area contributed by atoms with Crippen LogP contribution in [0.25, 0.3) is 6.08 Å². The van der Waals surface area contributed by atoms with Gasteiger partial charge in [-0.3, -0.25) is 4.79 Å². The highest BCUT2D eigenvalue weighted by atomic mass is 16.5. The molecule has 2 heteroatoms. The molecule has 1 aliphatic heterocycles. The van der Waals surface area contributed by atoms with Gasteiger partial charge in [0.25, 0.3) is 0 Å². The highest BCUT2D eigenvalue weighted by molar-refractivity contribution is 6.07. The molecule has 0 amide bonds. The summed E-state index contributed by atoms with van der Waals surface area (Å²) in [6.07, 6.45) is 5.40. The van der Waals surface area contributed by atoms with Crippen LogP contribution < -0.4 is 4.74 Å². The van der Waals surface area contributed by atoms with Gasteiger partial charge in [0.15, 0.2) is 5.78 Å². The van der Waals surface area contributed by atoms with Crippen molar-refractivity contribution in [3.63, 3.8) is 0 Å². The van der Waals surface area contributed by atoms with Crippen LogP contribution >= 0.6 is 0 Å². The van der Waals surface area contributed by atoms with Crippen LogP contribution in [0.2, 0.25) is 0 Å². The average molecular weight is 292 g/mol. The summed E-state index contributed by atoms with van der Waals surface area (Å²) in [4.78, 5) is 12.3. The molecule has 0 spiro atoms. The largest absolute Gasteiger partial charge is 0.488 e.